The molecule has 0 unspecified atom stereocenters. The predicted molar refractivity (Wildman–Crippen MR) is 123 cm³/mol. The van der Waals surface area contributed by atoms with Gasteiger partial charge in [-0.25, -0.2) is 8.42 Å². The molecule has 1 heterocycles. The summed E-state index contributed by atoms with van der Waals surface area (Å²) in [5, 5.41) is 13.8. The minimum atomic E-state index is -4.00. The maximum Gasteiger partial charge on any atom is 0.271 e. The second-order valence-electron chi connectivity index (χ2n) is 7.58. The largest absolute Gasteiger partial charge is 0.495 e. The quantitative estimate of drug-likeness (QED) is 0.456. The summed E-state index contributed by atoms with van der Waals surface area (Å²) in [6.45, 7) is 1.81. The van der Waals surface area contributed by atoms with E-state index in [-0.39, 0.29) is 23.0 Å². The first-order valence-electron chi connectivity index (χ1n) is 10.0. The van der Waals surface area contributed by atoms with Gasteiger partial charge in [-0.2, -0.15) is 0 Å². The van der Waals surface area contributed by atoms with Gasteiger partial charge in [0.1, 0.15) is 18.0 Å². The number of anilines is 3. The van der Waals surface area contributed by atoms with Crippen LogP contribution in [0.1, 0.15) is 18.4 Å². The van der Waals surface area contributed by atoms with Crippen molar-refractivity contribution in [1.82, 2.24) is 0 Å². The third kappa shape index (κ3) is 5.40. The SMILES string of the molecule is COc1ccc([N+](=O)[O-])cc1N(CC(=O)Nc1ccc(C)c(N2CCCC2=O)c1)S(C)(=O)=O. The summed E-state index contributed by atoms with van der Waals surface area (Å²) in [6.07, 6.45) is 2.11. The summed E-state index contributed by atoms with van der Waals surface area (Å²) in [5.41, 5.74) is 1.45. The highest BCUT2D eigenvalue weighted by molar-refractivity contribution is 7.92. The van der Waals surface area contributed by atoms with E-state index in [9.17, 15) is 28.1 Å². The lowest BCUT2D eigenvalue weighted by Crippen LogP contribution is -2.37. The molecule has 0 saturated carbocycles. The zero-order valence-electron chi connectivity index (χ0n) is 18.4. The van der Waals surface area contributed by atoms with Crippen molar-refractivity contribution in [3.8, 4) is 5.75 Å². The topological polar surface area (TPSA) is 139 Å². The number of nitro groups is 1. The average molecular weight is 477 g/mol. The first kappa shape index (κ1) is 24.0. The van der Waals surface area contributed by atoms with Gasteiger partial charge in [0, 0.05) is 36.5 Å². The normalized spacial score (nSPS) is 13.7. The number of aryl methyl sites for hydroxylation is 1. The summed E-state index contributed by atoms with van der Waals surface area (Å²) >= 11 is 0. The second kappa shape index (κ2) is 9.45. The Labute approximate surface area is 191 Å². The van der Waals surface area contributed by atoms with Crippen LogP contribution in [0, 0.1) is 17.0 Å². The van der Waals surface area contributed by atoms with Crippen molar-refractivity contribution in [3.63, 3.8) is 0 Å². The summed E-state index contributed by atoms with van der Waals surface area (Å²) < 4.78 is 30.8. The van der Waals surface area contributed by atoms with Gasteiger partial charge in [-0.1, -0.05) is 6.07 Å². The first-order valence-corrected chi connectivity index (χ1v) is 11.9. The number of benzene rings is 2. The summed E-state index contributed by atoms with van der Waals surface area (Å²) in [5.74, 6) is -0.608. The molecule has 1 aliphatic rings. The summed E-state index contributed by atoms with van der Waals surface area (Å²) in [6, 6.07) is 8.55. The van der Waals surface area contributed by atoms with E-state index in [1.807, 2.05) is 6.92 Å². The second-order valence-corrected chi connectivity index (χ2v) is 9.49. The molecule has 3 rings (SSSR count). The van der Waals surface area contributed by atoms with E-state index in [2.05, 4.69) is 5.32 Å². The Morgan fingerprint density at radius 2 is 2.00 bits per heavy atom. The lowest BCUT2D eigenvalue weighted by atomic mass is 10.1. The number of ether oxygens (including phenoxy) is 1. The number of non-ortho nitro benzene ring substituents is 1. The van der Waals surface area contributed by atoms with Gasteiger partial charge in [0.15, 0.2) is 0 Å². The maximum absolute atomic E-state index is 12.8. The monoisotopic (exact) mass is 476 g/mol. The Morgan fingerprint density at radius 3 is 2.58 bits per heavy atom. The van der Waals surface area contributed by atoms with Gasteiger partial charge < -0.3 is 15.0 Å². The van der Waals surface area contributed by atoms with Crippen LogP contribution in [0.4, 0.5) is 22.7 Å². The molecule has 0 aliphatic carbocycles. The minimum absolute atomic E-state index is 0.00240. The zero-order chi connectivity index (χ0) is 24.3. The minimum Gasteiger partial charge on any atom is -0.495 e. The van der Waals surface area contributed by atoms with Crippen LogP contribution in [0.25, 0.3) is 0 Å². The molecule has 12 heteroatoms. The van der Waals surface area contributed by atoms with Crippen molar-refractivity contribution in [2.45, 2.75) is 19.8 Å². The molecule has 2 aromatic carbocycles. The van der Waals surface area contributed by atoms with Crippen LogP contribution in [-0.4, -0.2) is 51.6 Å². The molecule has 0 aromatic heterocycles. The molecule has 1 N–H and O–H groups in total. The van der Waals surface area contributed by atoms with Crippen molar-refractivity contribution in [2.75, 3.05) is 41.0 Å². The smallest absolute Gasteiger partial charge is 0.271 e. The number of sulfonamides is 1. The molecular weight excluding hydrogens is 452 g/mol. The molecule has 2 amide bonds. The molecule has 33 heavy (non-hydrogen) atoms. The molecule has 2 aromatic rings. The van der Waals surface area contributed by atoms with Crippen LogP contribution in [0.2, 0.25) is 0 Å². The van der Waals surface area contributed by atoms with E-state index in [0.29, 0.717) is 24.3 Å². The van der Waals surface area contributed by atoms with Crippen molar-refractivity contribution in [2.24, 2.45) is 0 Å². The number of nitro benzene ring substituents is 1. The third-order valence-corrected chi connectivity index (χ3v) is 6.31. The Bertz CT molecular complexity index is 1210. The molecule has 1 fully saturated rings. The van der Waals surface area contributed by atoms with Crippen molar-refractivity contribution in [1.29, 1.82) is 0 Å². The van der Waals surface area contributed by atoms with Gasteiger partial charge in [0.05, 0.1) is 18.3 Å². The van der Waals surface area contributed by atoms with Crippen LogP contribution in [-0.2, 0) is 19.6 Å². The van der Waals surface area contributed by atoms with Gasteiger partial charge in [-0.05, 0) is 37.1 Å². The fourth-order valence-electron chi connectivity index (χ4n) is 3.58. The number of amides is 2. The number of methoxy groups -OCH3 is 1. The molecule has 1 aliphatic heterocycles. The Hall–Kier alpha value is -3.67. The number of rotatable bonds is 8. The average Bonchev–Trinajstić information content (AvgIpc) is 3.17. The fourth-order valence-corrected chi connectivity index (χ4v) is 4.43. The van der Waals surface area contributed by atoms with Gasteiger partial charge in [-0.3, -0.25) is 24.0 Å². The zero-order valence-corrected chi connectivity index (χ0v) is 19.2. The molecule has 1 saturated heterocycles. The molecular formula is C21H24N4O7S. The van der Waals surface area contributed by atoms with Crippen LogP contribution in [0.3, 0.4) is 0 Å². The highest BCUT2D eigenvalue weighted by Gasteiger charge is 2.27. The van der Waals surface area contributed by atoms with E-state index in [0.717, 1.165) is 28.6 Å². The lowest BCUT2D eigenvalue weighted by molar-refractivity contribution is -0.384. The molecule has 0 atom stereocenters. The predicted octanol–water partition coefficient (Wildman–Crippen LogP) is 2.44. The van der Waals surface area contributed by atoms with E-state index >= 15 is 0 Å². The van der Waals surface area contributed by atoms with E-state index in [1.54, 1.807) is 23.1 Å². The van der Waals surface area contributed by atoms with Gasteiger partial charge in [0.2, 0.25) is 21.8 Å². The number of nitrogens with one attached hydrogen (secondary N) is 1. The Kier molecular flexibility index (Phi) is 6.86. The number of hydrogen-bond donors (Lipinski definition) is 1. The Morgan fingerprint density at radius 1 is 1.27 bits per heavy atom. The van der Waals surface area contributed by atoms with Crippen molar-refractivity contribution < 1.29 is 27.7 Å². The molecule has 0 radical (unpaired) electrons. The number of hydrogen-bond acceptors (Lipinski definition) is 7. The van der Waals surface area contributed by atoms with Crippen LogP contribution >= 0.6 is 0 Å². The highest BCUT2D eigenvalue weighted by atomic mass is 32.2. The van der Waals surface area contributed by atoms with E-state index in [1.165, 1.54) is 19.2 Å². The molecule has 0 spiro atoms. The van der Waals surface area contributed by atoms with Gasteiger partial charge >= 0.3 is 0 Å². The van der Waals surface area contributed by atoms with Crippen LogP contribution < -0.4 is 19.3 Å². The third-order valence-electron chi connectivity index (χ3n) is 5.19. The fraction of sp³-hybridized carbons (Fsp3) is 0.333. The lowest BCUT2D eigenvalue weighted by Gasteiger charge is -2.24. The van der Waals surface area contributed by atoms with E-state index in [4.69, 9.17) is 4.74 Å². The highest BCUT2D eigenvalue weighted by Crippen LogP contribution is 2.34. The summed E-state index contributed by atoms with van der Waals surface area (Å²) in [4.78, 5) is 37.0. The molecule has 176 valence electrons. The van der Waals surface area contributed by atoms with Crippen LogP contribution in [0.15, 0.2) is 36.4 Å². The van der Waals surface area contributed by atoms with Gasteiger partial charge in [0.25, 0.3) is 5.69 Å². The molecule has 0 bridgehead atoms. The van der Waals surface area contributed by atoms with Crippen molar-refractivity contribution >= 4 is 44.6 Å². The summed E-state index contributed by atoms with van der Waals surface area (Å²) in [7, 11) is -2.71. The van der Waals surface area contributed by atoms with Gasteiger partial charge in [-0.15, -0.1) is 0 Å². The maximum atomic E-state index is 12.8. The van der Waals surface area contributed by atoms with Crippen LogP contribution in [0.5, 0.6) is 5.75 Å². The number of carbonyl (C=O) groups is 2. The standard InChI is InChI=1S/C21H24N4O7S/c1-14-6-7-15(11-17(14)23-10-4-5-21(23)27)22-20(26)13-24(33(3,30)31)18-12-16(25(28)29)8-9-19(18)32-2/h6-9,11-12H,4-5,10,13H2,1-3H3,(H,22,26). The number of nitrogens with zero attached hydrogens (tertiary/aromatic N) is 3. The van der Waals surface area contributed by atoms with E-state index < -0.39 is 27.4 Å². The first-order chi connectivity index (χ1) is 15.5. The Balaban J connectivity index is 1.88. The number of carbonyl (C=O) groups excluding carboxylic acids is 2. The molecule has 11 nitrogen and oxygen atoms in total. The van der Waals surface area contributed by atoms with Crippen molar-refractivity contribution in [3.05, 3.63) is 52.1 Å².